The molecule has 2 N–H and O–H groups in total. The number of benzene rings is 3. The van der Waals surface area contributed by atoms with Crippen LogP contribution >= 0.6 is 0 Å². The minimum Gasteiger partial charge on any atom is -0.369 e. The van der Waals surface area contributed by atoms with Crippen LogP contribution in [0.3, 0.4) is 0 Å². The summed E-state index contributed by atoms with van der Waals surface area (Å²) in [7, 11) is 2.14. The van der Waals surface area contributed by atoms with Crippen LogP contribution in [-0.4, -0.2) is 55.8 Å². The Morgan fingerprint density at radius 2 is 1.59 bits per heavy atom. The summed E-state index contributed by atoms with van der Waals surface area (Å²) in [6.45, 7) is 6.57. The molecular weight excluding hydrogens is 462 g/mol. The summed E-state index contributed by atoms with van der Waals surface area (Å²) in [6.07, 6.45) is 0.789. The number of aliphatic imine (C=N–C) groups is 1. The second kappa shape index (κ2) is 11.0. The Hall–Kier alpha value is -3.97. The molecule has 3 aromatic carbocycles. The Bertz CT molecular complexity index is 1300. The van der Waals surface area contributed by atoms with Crippen molar-refractivity contribution in [3.05, 3.63) is 101 Å². The van der Waals surface area contributed by atoms with Gasteiger partial charge in [0.1, 0.15) is 5.84 Å². The number of nitrogens with zero attached hydrogens (tertiary/aromatic N) is 3. The van der Waals surface area contributed by atoms with Crippen LogP contribution in [0.1, 0.15) is 56.8 Å². The monoisotopic (exact) mass is 495 g/mol. The molecule has 0 radical (unpaired) electrons. The van der Waals surface area contributed by atoms with Crippen molar-refractivity contribution in [2.75, 3.05) is 38.1 Å². The molecule has 3 aromatic rings. The molecule has 1 saturated heterocycles. The molecule has 7 nitrogen and oxygen atoms in total. The van der Waals surface area contributed by atoms with Crippen molar-refractivity contribution < 1.29 is 9.59 Å². The number of amidine groups is 1. The van der Waals surface area contributed by atoms with Gasteiger partial charge in [-0.3, -0.25) is 14.6 Å². The highest BCUT2D eigenvalue weighted by molar-refractivity contribution is 6.15. The van der Waals surface area contributed by atoms with E-state index in [0.717, 1.165) is 55.0 Å². The number of hydrogen-bond acceptors (Lipinski definition) is 5. The van der Waals surface area contributed by atoms with Crippen LogP contribution in [0.25, 0.3) is 0 Å². The molecule has 0 saturated carbocycles. The fourth-order valence-corrected chi connectivity index (χ4v) is 4.85. The topological polar surface area (TPSA) is 77.0 Å². The lowest BCUT2D eigenvalue weighted by atomic mass is 10.0. The zero-order chi connectivity index (χ0) is 25.8. The van der Waals surface area contributed by atoms with Crippen molar-refractivity contribution >= 4 is 23.3 Å². The third-order valence-corrected chi connectivity index (χ3v) is 7.18. The Balaban J connectivity index is 1.25. The van der Waals surface area contributed by atoms with Crippen molar-refractivity contribution in [3.63, 3.8) is 0 Å². The summed E-state index contributed by atoms with van der Waals surface area (Å²) >= 11 is 0. The van der Waals surface area contributed by atoms with Gasteiger partial charge in [-0.2, -0.15) is 0 Å². The minimum absolute atomic E-state index is 0.0661. The highest BCUT2D eigenvalue weighted by atomic mass is 16.2. The zero-order valence-corrected chi connectivity index (χ0v) is 21.4. The van der Waals surface area contributed by atoms with Crippen LogP contribution < -0.4 is 15.5 Å². The molecular formula is C30H33N5O2. The van der Waals surface area contributed by atoms with Gasteiger partial charge in [-0.15, -0.1) is 0 Å². The predicted octanol–water partition coefficient (Wildman–Crippen LogP) is 4.01. The second-order valence-corrected chi connectivity index (χ2v) is 9.67. The molecule has 1 fully saturated rings. The second-order valence-electron chi connectivity index (χ2n) is 9.67. The van der Waals surface area contributed by atoms with E-state index in [9.17, 15) is 9.59 Å². The summed E-state index contributed by atoms with van der Waals surface area (Å²) < 4.78 is 0. The van der Waals surface area contributed by atoms with Crippen molar-refractivity contribution in [2.24, 2.45) is 4.99 Å². The fourth-order valence-electron chi connectivity index (χ4n) is 4.85. The molecule has 2 amide bonds. The molecule has 2 aliphatic rings. The highest BCUT2D eigenvalue weighted by Crippen LogP contribution is 2.22. The normalized spacial score (nSPS) is 16.1. The molecule has 0 spiro atoms. The standard InChI is InChI=1S/C30H33N5O2/c1-3-27(21-7-5-4-6-8-21)32-30(37)23-9-10-24-20-31-28(26(24)19-23)33-29(36)22-11-13-25(14-12-22)35-17-15-34(2)16-18-35/h4-14,19,27H,3,15-18,20H2,1-2H3,(H,32,37)(H,31,33,36)/t27-/m0/s1. The smallest absolute Gasteiger partial charge is 0.256 e. The number of rotatable bonds is 6. The van der Waals surface area contributed by atoms with Gasteiger partial charge in [0, 0.05) is 48.6 Å². The van der Waals surface area contributed by atoms with E-state index in [1.54, 1.807) is 0 Å². The van der Waals surface area contributed by atoms with Crippen LogP contribution in [0, 0.1) is 0 Å². The summed E-state index contributed by atoms with van der Waals surface area (Å²) in [5, 5.41) is 6.09. The van der Waals surface area contributed by atoms with E-state index in [4.69, 9.17) is 0 Å². The molecule has 2 heterocycles. The molecule has 2 aliphatic heterocycles. The number of anilines is 1. The molecule has 190 valence electrons. The first-order valence-electron chi connectivity index (χ1n) is 12.9. The Morgan fingerprint density at radius 3 is 2.30 bits per heavy atom. The van der Waals surface area contributed by atoms with E-state index < -0.39 is 0 Å². The lowest BCUT2D eigenvalue weighted by molar-refractivity contribution is 0.0934. The number of hydrogen-bond donors (Lipinski definition) is 2. The molecule has 0 bridgehead atoms. The molecule has 37 heavy (non-hydrogen) atoms. The quantitative estimate of drug-likeness (QED) is 0.542. The molecule has 1 atom stereocenters. The molecule has 0 unspecified atom stereocenters. The Labute approximate surface area is 218 Å². The van der Waals surface area contributed by atoms with Gasteiger partial charge in [-0.25, -0.2) is 0 Å². The number of likely N-dealkylation sites (N-methyl/N-ethyl adjacent to an activating group) is 1. The van der Waals surface area contributed by atoms with E-state index in [0.29, 0.717) is 23.5 Å². The summed E-state index contributed by atoms with van der Waals surface area (Å²) in [5.74, 6) is 0.157. The molecule has 0 aromatic heterocycles. The van der Waals surface area contributed by atoms with Gasteiger partial charge in [0.15, 0.2) is 0 Å². The van der Waals surface area contributed by atoms with Gasteiger partial charge >= 0.3 is 0 Å². The zero-order valence-electron chi connectivity index (χ0n) is 21.4. The average molecular weight is 496 g/mol. The van der Waals surface area contributed by atoms with Crippen molar-refractivity contribution in [1.82, 2.24) is 15.5 Å². The largest absolute Gasteiger partial charge is 0.369 e. The van der Waals surface area contributed by atoms with Crippen LogP contribution in [0.4, 0.5) is 5.69 Å². The van der Waals surface area contributed by atoms with Gasteiger partial charge in [0.25, 0.3) is 11.8 Å². The highest BCUT2D eigenvalue weighted by Gasteiger charge is 2.22. The van der Waals surface area contributed by atoms with Crippen molar-refractivity contribution in [1.29, 1.82) is 0 Å². The lowest BCUT2D eigenvalue weighted by Gasteiger charge is -2.34. The summed E-state index contributed by atoms with van der Waals surface area (Å²) in [4.78, 5) is 35.3. The van der Waals surface area contributed by atoms with Gasteiger partial charge in [0.05, 0.1) is 12.6 Å². The van der Waals surface area contributed by atoms with E-state index >= 15 is 0 Å². The van der Waals surface area contributed by atoms with Gasteiger partial charge in [-0.1, -0.05) is 43.3 Å². The van der Waals surface area contributed by atoms with Crippen LogP contribution in [0.5, 0.6) is 0 Å². The Kier molecular flexibility index (Phi) is 7.32. The van der Waals surface area contributed by atoms with Gasteiger partial charge in [0.2, 0.25) is 0 Å². The summed E-state index contributed by atoms with van der Waals surface area (Å²) in [6, 6.07) is 23.2. The number of carbonyl (C=O) groups excluding carboxylic acids is 2. The first kappa shape index (κ1) is 24.7. The van der Waals surface area contributed by atoms with E-state index in [2.05, 4.69) is 39.4 Å². The molecule has 0 aliphatic carbocycles. The molecule has 7 heteroatoms. The van der Waals surface area contributed by atoms with Crippen molar-refractivity contribution in [2.45, 2.75) is 25.9 Å². The Morgan fingerprint density at radius 1 is 0.892 bits per heavy atom. The van der Waals surface area contributed by atoms with Crippen LogP contribution in [0.2, 0.25) is 0 Å². The predicted molar refractivity (Wildman–Crippen MR) is 147 cm³/mol. The third kappa shape index (κ3) is 5.57. The van der Waals surface area contributed by atoms with E-state index in [-0.39, 0.29) is 17.9 Å². The molecule has 5 rings (SSSR count). The summed E-state index contributed by atoms with van der Waals surface area (Å²) in [5.41, 5.74) is 5.12. The number of carbonyl (C=O) groups is 2. The number of fused-ring (bicyclic) bond motifs is 1. The number of piperazine rings is 1. The SMILES string of the molecule is CC[C@H](NC(=O)c1ccc2c(c1)C(NC(=O)c1ccc(N3CCN(C)CC3)cc1)=NC2)c1ccccc1. The van der Waals surface area contributed by atoms with E-state index in [1.807, 2.05) is 72.8 Å². The van der Waals surface area contributed by atoms with Crippen molar-refractivity contribution in [3.8, 4) is 0 Å². The number of nitrogens with one attached hydrogen (secondary N) is 2. The third-order valence-electron chi connectivity index (χ3n) is 7.18. The van der Waals surface area contributed by atoms with Gasteiger partial charge in [-0.05, 0) is 61.0 Å². The lowest BCUT2D eigenvalue weighted by Crippen LogP contribution is -2.44. The number of amides is 2. The average Bonchev–Trinajstić information content (AvgIpc) is 3.34. The maximum Gasteiger partial charge on any atom is 0.256 e. The first-order chi connectivity index (χ1) is 18.0. The fraction of sp³-hybridized carbons (Fsp3) is 0.300. The maximum absolute atomic E-state index is 13.1. The van der Waals surface area contributed by atoms with E-state index in [1.165, 1.54) is 0 Å². The van der Waals surface area contributed by atoms with Gasteiger partial charge < -0.3 is 20.4 Å². The first-order valence-corrected chi connectivity index (χ1v) is 12.9. The van der Waals surface area contributed by atoms with Crippen LogP contribution in [0.15, 0.2) is 77.8 Å². The van der Waals surface area contributed by atoms with Crippen LogP contribution in [-0.2, 0) is 6.54 Å². The minimum atomic E-state index is -0.207. The maximum atomic E-state index is 13.1.